The Morgan fingerprint density at radius 3 is 2.76 bits per heavy atom. The Kier molecular flexibility index (Phi) is 3.48. The molecule has 0 bridgehead atoms. The number of piperidine rings is 1. The van der Waals surface area contributed by atoms with Crippen LogP contribution in [-0.4, -0.2) is 45.5 Å². The first-order valence-corrected chi connectivity index (χ1v) is 5.55. The average molecular weight is 238 g/mol. The largest absolute Gasteiger partial charge is 0.307 e. The summed E-state index contributed by atoms with van der Waals surface area (Å²) in [6, 6.07) is 0.201. The van der Waals surface area contributed by atoms with Gasteiger partial charge in [0.1, 0.15) is 18.7 Å². The molecule has 1 aromatic heterocycles. The van der Waals surface area contributed by atoms with Crippen molar-refractivity contribution in [3.8, 4) is 0 Å². The molecule has 0 radical (unpaired) electrons. The van der Waals surface area contributed by atoms with E-state index in [1.807, 2.05) is 0 Å². The maximum atomic E-state index is 10.5. The second kappa shape index (κ2) is 5.05. The Hall–Kier alpha value is -1.76. The van der Waals surface area contributed by atoms with Gasteiger partial charge in [-0.25, -0.2) is 0 Å². The highest BCUT2D eigenvalue weighted by Gasteiger charge is 2.22. The Morgan fingerprint density at radius 1 is 1.53 bits per heavy atom. The van der Waals surface area contributed by atoms with Crippen molar-refractivity contribution in [2.75, 3.05) is 19.6 Å². The van der Waals surface area contributed by atoms with Crippen LogP contribution in [0.2, 0.25) is 0 Å². The fourth-order valence-corrected chi connectivity index (χ4v) is 2.09. The second-order valence-electron chi connectivity index (χ2n) is 4.13. The highest BCUT2D eigenvalue weighted by molar-refractivity contribution is 5.51. The number of nitrogens with zero attached hydrogens (tertiary/aromatic N) is 4. The number of aldehydes is 1. The minimum absolute atomic E-state index is 0.0281. The molecule has 1 aliphatic heterocycles. The Labute approximate surface area is 98.2 Å². The van der Waals surface area contributed by atoms with Crippen LogP contribution in [0.15, 0.2) is 12.4 Å². The minimum atomic E-state index is -0.439. The number of carbonyl (C=O) groups excluding carboxylic acids is 1. The summed E-state index contributed by atoms with van der Waals surface area (Å²) in [5.74, 6) is 0. The third kappa shape index (κ3) is 2.68. The molecule has 1 fully saturated rings. The molecule has 0 spiro atoms. The van der Waals surface area contributed by atoms with Crippen LogP contribution in [0.25, 0.3) is 0 Å². The number of rotatable bonds is 4. The number of hydrogen-bond acceptors (Lipinski definition) is 5. The van der Waals surface area contributed by atoms with Gasteiger partial charge in [0.2, 0.25) is 0 Å². The van der Waals surface area contributed by atoms with E-state index < -0.39 is 4.92 Å². The lowest BCUT2D eigenvalue weighted by molar-refractivity contribution is -0.385. The standard InChI is InChI=1S/C10H14N4O3/c15-6-5-12-3-1-9(2-4-12)13-8-10(7-11-13)14(16)17/h6-9H,1-5H2. The molecule has 0 saturated carbocycles. The van der Waals surface area contributed by atoms with Crippen LogP contribution in [0.4, 0.5) is 5.69 Å². The van der Waals surface area contributed by atoms with Crippen molar-refractivity contribution in [2.45, 2.75) is 18.9 Å². The third-order valence-electron chi connectivity index (χ3n) is 3.06. The lowest BCUT2D eigenvalue weighted by Crippen LogP contribution is -2.35. The first-order chi connectivity index (χ1) is 8.20. The van der Waals surface area contributed by atoms with Crippen molar-refractivity contribution in [3.63, 3.8) is 0 Å². The molecular weight excluding hydrogens is 224 g/mol. The van der Waals surface area contributed by atoms with Crippen molar-refractivity contribution in [2.24, 2.45) is 0 Å². The molecule has 0 atom stereocenters. The predicted octanol–water partition coefficient (Wildman–Crippen LogP) is 0.627. The van der Waals surface area contributed by atoms with E-state index in [1.165, 1.54) is 12.4 Å². The molecule has 0 aliphatic carbocycles. The van der Waals surface area contributed by atoms with Crippen molar-refractivity contribution in [3.05, 3.63) is 22.5 Å². The van der Waals surface area contributed by atoms with Crippen molar-refractivity contribution < 1.29 is 9.72 Å². The quantitative estimate of drug-likeness (QED) is 0.436. The van der Waals surface area contributed by atoms with E-state index in [2.05, 4.69) is 10.00 Å². The normalized spacial score (nSPS) is 18.1. The number of likely N-dealkylation sites (tertiary alicyclic amines) is 1. The van der Waals surface area contributed by atoms with Gasteiger partial charge in [0.15, 0.2) is 0 Å². The number of nitro groups is 1. The van der Waals surface area contributed by atoms with Gasteiger partial charge in [-0.2, -0.15) is 5.10 Å². The van der Waals surface area contributed by atoms with Crippen LogP contribution >= 0.6 is 0 Å². The Balaban J connectivity index is 1.95. The fraction of sp³-hybridized carbons (Fsp3) is 0.600. The maximum Gasteiger partial charge on any atom is 0.307 e. The van der Waals surface area contributed by atoms with Gasteiger partial charge in [-0.05, 0) is 12.8 Å². The molecular formula is C10H14N4O3. The smallest absolute Gasteiger partial charge is 0.302 e. The molecule has 0 aromatic carbocycles. The average Bonchev–Trinajstić information content (AvgIpc) is 2.80. The van der Waals surface area contributed by atoms with E-state index >= 15 is 0 Å². The van der Waals surface area contributed by atoms with E-state index in [9.17, 15) is 14.9 Å². The lowest BCUT2D eigenvalue weighted by Gasteiger charge is -2.30. The van der Waals surface area contributed by atoms with Gasteiger partial charge in [-0.15, -0.1) is 0 Å². The van der Waals surface area contributed by atoms with E-state index in [4.69, 9.17) is 0 Å². The third-order valence-corrected chi connectivity index (χ3v) is 3.06. The van der Waals surface area contributed by atoms with E-state index in [-0.39, 0.29) is 11.7 Å². The SMILES string of the molecule is O=CCN1CCC(n2cc([N+](=O)[O-])cn2)CC1. The fourth-order valence-electron chi connectivity index (χ4n) is 2.09. The topological polar surface area (TPSA) is 81.3 Å². The molecule has 1 aromatic rings. The molecule has 2 rings (SSSR count). The summed E-state index contributed by atoms with van der Waals surface area (Å²) in [6.45, 7) is 2.13. The van der Waals surface area contributed by atoms with Crippen molar-refractivity contribution >= 4 is 12.0 Å². The molecule has 1 saturated heterocycles. The highest BCUT2D eigenvalue weighted by Crippen LogP contribution is 2.23. The zero-order valence-electron chi connectivity index (χ0n) is 9.36. The molecule has 7 nitrogen and oxygen atoms in total. The van der Waals surface area contributed by atoms with Crippen molar-refractivity contribution in [1.29, 1.82) is 0 Å². The van der Waals surface area contributed by atoms with Gasteiger partial charge in [-0.1, -0.05) is 0 Å². The number of aromatic nitrogens is 2. The molecule has 17 heavy (non-hydrogen) atoms. The van der Waals surface area contributed by atoms with Gasteiger partial charge in [0.25, 0.3) is 0 Å². The maximum absolute atomic E-state index is 10.5. The van der Waals surface area contributed by atoms with Gasteiger partial charge in [0.05, 0.1) is 17.5 Å². The lowest BCUT2D eigenvalue weighted by atomic mass is 10.1. The molecule has 0 N–H and O–H groups in total. The van der Waals surface area contributed by atoms with E-state index in [1.54, 1.807) is 4.68 Å². The highest BCUT2D eigenvalue weighted by atomic mass is 16.6. The second-order valence-corrected chi connectivity index (χ2v) is 4.13. The predicted molar refractivity (Wildman–Crippen MR) is 59.7 cm³/mol. The van der Waals surface area contributed by atoms with Crippen LogP contribution < -0.4 is 0 Å². The zero-order valence-corrected chi connectivity index (χ0v) is 9.36. The van der Waals surface area contributed by atoms with Gasteiger partial charge >= 0.3 is 5.69 Å². The van der Waals surface area contributed by atoms with Crippen LogP contribution in [0.1, 0.15) is 18.9 Å². The summed E-state index contributed by atoms with van der Waals surface area (Å²) in [4.78, 5) is 22.5. The molecule has 1 aliphatic rings. The van der Waals surface area contributed by atoms with Crippen LogP contribution in [-0.2, 0) is 4.79 Å². The van der Waals surface area contributed by atoms with Crippen molar-refractivity contribution in [1.82, 2.24) is 14.7 Å². The summed E-state index contributed by atoms with van der Waals surface area (Å²) in [5, 5.41) is 14.6. The summed E-state index contributed by atoms with van der Waals surface area (Å²) in [6.07, 6.45) is 5.39. The molecule has 92 valence electrons. The van der Waals surface area contributed by atoms with Crippen LogP contribution in [0.3, 0.4) is 0 Å². The molecule has 0 amide bonds. The zero-order chi connectivity index (χ0) is 12.3. The number of hydrogen-bond donors (Lipinski definition) is 0. The van der Waals surface area contributed by atoms with Gasteiger partial charge in [0, 0.05) is 13.1 Å². The number of carbonyl (C=O) groups is 1. The first-order valence-electron chi connectivity index (χ1n) is 5.55. The monoisotopic (exact) mass is 238 g/mol. The van der Waals surface area contributed by atoms with E-state index in [0.29, 0.717) is 6.54 Å². The summed E-state index contributed by atoms with van der Waals surface area (Å²) < 4.78 is 1.66. The van der Waals surface area contributed by atoms with Crippen LogP contribution in [0, 0.1) is 10.1 Å². The molecule has 7 heteroatoms. The summed E-state index contributed by atoms with van der Waals surface area (Å²) in [5.41, 5.74) is 0.0281. The summed E-state index contributed by atoms with van der Waals surface area (Å²) >= 11 is 0. The Morgan fingerprint density at radius 2 is 2.24 bits per heavy atom. The Bertz CT molecular complexity index is 409. The van der Waals surface area contributed by atoms with E-state index in [0.717, 1.165) is 32.2 Å². The van der Waals surface area contributed by atoms with Crippen LogP contribution in [0.5, 0.6) is 0 Å². The van der Waals surface area contributed by atoms with Gasteiger partial charge in [-0.3, -0.25) is 19.7 Å². The molecule has 2 heterocycles. The minimum Gasteiger partial charge on any atom is -0.302 e. The van der Waals surface area contributed by atoms with Gasteiger partial charge < -0.3 is 4.79 Å². The summed E-state index contributed by atoms with van der Waals surface area (Å²) in [7, 11) is 0. The molecule has 0 unspecified atom stereocenters. The first kappa shape index (κ1) is 11.7.